The Balaban J connectivity index is 2.30. The molecule has 1 unspecified atom stereocenters. The summed E-state index contributed by atoms with van der Waals surface area (Å²) < 4.78 is 18.5. The average Bonchev–Trinajstić information content (AvgIpc) is 2.46. The number of aryl methyl sites for hydroxylation is 1. The van der Waals surface area contributed by atoms with E-state index in [1.807, 2.05) is 19.1 Å². The van der Waals surface area contributed by atoms with Crippen LogP contribution in [0.3, 0.4) is 0 Å². The van der Waals surface area contributed by atoms with Crippen molar-refractivity contribution in [2.45, 2.75) is 19.4 Å². The molecule has 0 heterocycles. The van der Waals surface area contributed by atoms with Crippen molar-refractivity contribution >= 4 is 5.97 Å². The highest BCUT2D eigenvalue weighted by Gasteiger charge is 2.22. The van der Waals surface area contributed by atoms with E-state index in [9.17, 15) is 14.3 Å². The molecule has 0 fully saturated rings. The molecule has 2 rings (SSSR count). The summed E-state index contributed by atoms with van der Waals surface area (Å²) >= 11 is 0. The molecule has 0 saturated heterocycles. The number of halogens is 1. The van der Waals surface area contributed by atoms with E-state index in [4.69, 9.17) is 4.74 Å². The zero-order chi connectivity index (χ0) is 14.5. The number of ether oxygens (including phenoxy) is 1. The molecular weight excluding hydrogens is 259 g/mol. The third-order valence-corrected chi connectivity index (χ3v) is 3.00. The predicted octanol–water partition coefficient (Wildman–Crippen LogP) is 3.59. The summed E-state index contributed by atoms with van der Waals surface area (Å²) in [6.07, 6.45) is -0.408. The third kappa shape index (κ3) is 3.15. The van der Waals surface area contributed by atoms with Crippen molar-refractivity contribution in [2.75, 3.05) is 0 Å². The Kier molecular flexibility index (Phi) is 4.35. The van der Waals surface area contributed by atoms with Crippen LogP contribution in [0.15, 0.2) is 48.5 Å². The first-order chi connectivity index (χ1) is 9.61. The molecule has 104 valence electrons. The van der Waals surface area contributed by atoms with Gasteiger partial charge in [-0.3, -0.25) is 0 Å². The molecule has 4 heteroatoms. The predicted molar refractivity (Wildman–Crippen MR) is 73.2 cm³/mol. The van der Waals surface area contributed by atoms with E-state index >= 15 is 0 Å². The largest absolute Gasteiger partial charge is 0.478 e. The first-order valence-electron chi connectivity index (χ1n) is 6.34. The molecular formula is C16H15FO3. The highest BCUT2D eigenvalue weighted by molar-refractivity contribution is 5.74. The second-order valence-corrected chi connectivity index (χ2v) is 4.35. The fraction of sp³-hybridized carbons (Fsp3) is 0.188. The molecule has 0 aliphatic carbocycles. The quantitative estimate of drug-likeness (QED) is 0.906. The summed E-state index contributed by atoms with van der Waals surface area (Å²) in [6.45, 7) is 1.97. The van der Waals surface area contributed by atoms with Gasteiger partial charge in [0.2, 0.25) is 6.10 Å². The van der Waals surface area contributed by atoms with Crippen LogP contribution < -0.4 is 4.74 Å². The normalized spacial score (nSPS) is 11.9. The average molecular weight is 274 g/mol. The molecule has 1 N–H and O–H groups in total. The Labute approximate surface area is 116 Å². The molecule has 0 spiro atoms. The number of carbonyl (C=O) groups is 1. The van der Waals surface area contributed by atoms with Gasteiger partial charge in [-0.05, 0) is 30.2 Å². The molecule has 0 amide bonds. The second-order valence-electron chi connectivity index (χ2n) is 4.35. The summed E-state index contributed by atoms with van der Waals surface area (Å²) in [5.74, 6) is -0.985. The lowest BCUT2D eigenvalue weighted by atomic mass is 10.1. The van der Waals surface area contributed by atoms with Gasteiger partial charge in [-0.2, -0.15) is 0 Å². The molecule has 2 aromatic rings. The maximum Gasteiger partial charge on any atom is 0.349 e. The monoisotopic (exact) mass is 274 g/mol. The van der Waals surface area contributed by atoms with Crippen LogP contribution in [0, 0.1) is 5.82 Å². The van der Waals surface area contributed by atoms with E-state index in [1.54, 1.807) is 12.1 Å². The van der Waals surface area contributed by atoms with E-state index in [-0.39, 0.29) is 0 Å². The number of para-hydroxylation sites is 1. The van der Waals surface area contributed by atoms with Crippen molar-refractivity contribution < 1.29 is 19.0 Å². The van der Waals surface area contributed by atoms with E-state index in [2.05, 4.69) is 0 Å². The van der Waals surface area contributed by atoms with Gasteiger partial charge in [-0.1, -0.05) is 37.3 Å². The summed E-state index contributed by atoms with van der Waals surface area (Å²) in [4.78, 5) is 11.4. The topological polar surface area (TPSA) is 46.5 Å². The SMILES string of the molecule is CCc1ccccc1OC(C(=O)O)c1ccc(F)cc1. The van der Waals surface area contributed by atoms with Gasteiger partial charge < -0.3 is 9.84 Å². The van der Waals surface area contributed by atoms with Gasteiger partial charge in [0, 0.05) is 5.56 Å². The van der Waals surface area contributed by atoms with Crippen LogP contribution in [0.5, 0.6) is 5.75 Å². The number of carboxylic acids is 1. The van der Waals surface area contributed by atoms with Crippen molar-refractivity contribution in [2.24, 2.45) is 0 Å². The number of hydrogen-bond acceptors (Lipinski definition) is 2. The first kappa shape index (κ1) is 14.1. The molecule has 20 heavy (non-hydrogen) atoms. The zero-order valence-electron chi connectivity index (χ0n) is 11.0. The van der Waals surface area contributed by atoms with Gasteiger partial charge >= 0.3 is 5.97 Å². The smallest absolute Gasteiger partial charge is 0.349 e. The van der Waals surface area contributed by atoms with Crippen molar-refractivity contribution in [1.82, 2.24) is 0 Å². The van der Waals surface area contributed by atoms with E-state index in [0.29, 0.717) is 11.3 Å². The van der Waals surface area contributed by atoms with Crippen LogP contribution in [0.2, 0.25) is 0 Å². The van der Waals surface area contributed by atoms with Crippen molar-refractivity contribution in [3.05, 3.63) is 65.5 Å². The van der Waals surface area contributed by atoms with E-state index < -0.39 is 17.9 Å². The van der Waals surface area contributed by atoms with Crippen LogP contribution in [0.4, 0.5) is 4.39 Å². The lowest BCUT2D eigenvalue weighted by Crippen LogP contribution is -2.18. The Bertz CT molecular complexity index is 593. The fourth-order valence-electron chi connectivity index (χ4n) is 1.94. The maximum absolute atomic E-state index is 12.9. The maximum atomic E-state index is 12.9. The number of rotatable bonds is 5. The number of hydrogen-bond donors (Lipinski definition) is 1. The Morgan fingerprint density at radius 3 is 2.45 bits per heavy atom. The van der Waals surface area contributed by atoms with Crippen LogP contribution >= 0.6 is 0 Å². The lowest BCUT2D eigenvalue weighted by molar-refractivity contribution is -0.145. The summed E-state index contributed by atoms with van der Waals surface area (Å²) in [5, 5.41) is 9.30. The summed E-state index contributed by atoms with van der Waals surface area (Å²) in [7, 11) is 0. The second kappa shape index (κ2) is 6.19. The molecule has 0 aromatic heterocycles. The first-order valence-corrected chi connectivity index (χ1v) is 6.34. The van der Waals surface area contributed by atoms with Crippen molar-refractivity contribution in [3.63, 3.8) is 0 Å². The summed E-state index contributed by atoms with van der Waals surface area (Å²) in [6, 6.07) is 12.6. The lowest BCUT2D eigenvalue weighted by Gasteiger charge is -2.17. The van der Waals surface area contributed by atoms with Crippen molar-refractivity contribution in [1.29, 1.82) is 0 Å². The molecule has 1 atom stereocenters. The Morgan fingerprint density at radius 1 is 1.20 bits per heavy atom. The standard InChI is InChI=1S/C16H15FO3/c1-2-11-5-3-4-6-14(11)20-15(16(18)19)12-7-9-13(17)10-8-12/h3-10,15H,2H2,1H3,(H,18,19). The highest BCUT2D eigenvalue weighted by atomic mass is 19.1. The van der Waals surface area contributed by atoms with Crippen LogP contribution in [-0.2, 0) is 11.2 Å². The fourth-order valence-corrected chi connectivity index (χ4v) is 1.94. The Morgan fingerprint density at radius 2 is 1.85 bits per heavy atom. The minimum Gasteiger partial charge on any atom is -0.478 e. The molecule has 0 aliphatic heterocycles. The van der Waals surface area contributed by atoms with Crippen LogP contribution in [0.1, 0.15) is 24.2 Å². The molecule has 3 nitrogen and oxygen atoms in total. The molecule has 0 aliphatic rings. The van der Waals surface area contributed by atoms with E-state index in [0.717, 1.165) is 12.0 Å². The summed E-state index contributed by atoms with van der Waals surface area (Å²) in [5.41, 5.74) is 1.34. The van der Waals surface area contributed by atoms with Crippen LogP contribution in [0.25, 0.3) is 0 Å². The van der Waals surface area contributed by atoms with Gasteiger partial charge in [0.05, 0.1) is 0 Å². The number of carboxylic acid groups (broad SMARTS) is 1. The Hall–Kier alpha value is -2.36. The minimum absolute atomic E-state index is 0.407. The minimum atomic E-state index is -1.15. The zero-order valence-corrected chi connectivity index (χ0v) is 11.0. The molecule has 0 bridgehead atoms. The van der Waals surface area contributed by atoms with Gasteiger partial charge in [0.25, 0.3) is 0 Å². The van der Waals surface area contributed by atoms with Gasteiger partial charge in [0.15, 0.2) is 0 Å². The molecule has 2 aromatic carbocycles. The molecule has 0 radical (unpaired) electrons. The van der Waals surface area contributed by atoms with E-state index in [1.165, 1.54) is 24.3 Å². The van der Waals surface area contributed by atoms with Gasteiger partial charge in [-0.25, -0.2) is 9.18 Å². The number of benzene rings is 2. The van der Waals surface area contributed by atoms with Gasteiger partial charge in [-0.15, -0.1) is 0 Å². The van der Waals surface area contributed by atoms with Crippen LogP contribution in [-0.4, -0.2) is 11.1 Å². The van der Waals surface area contributed by atoms with Gasteiger partial charge in [0.1, 0.15) is 11.6 Å². The van der Waals surface area contributed by atoms with Crippen molar-refractivity contribution in [3.8, 4) is 5.75 Å². The molecule has 0 saturated carbocycles. The highest BCUT2D eigenvalue weighted by Crippen LogP contribution is 2.26. The third-order valence-electron chi connectivity index (χ3n) is 3.00. The number of aliphatic carboxylic acids is 1.